The van der Waals surface area contributed by atoms with E-state index in [2.05, 4.69) is 4.18 Å². The van der Waals surface area contributed by atoms with Gasteiger partial charge in [-0.1, -0.05) is 12.1 Å². The smallest absolute Gasteiger partial charge is 0.269 e. The molecule has 0 amide bonds. The lowest BCUT2D eigenvalue weighted by atomic mass is 10.1. The molecule has 0 aliphatic heterocycles. The molecule has 0 aromatic heterocycles. The highest BCUT2D eigenvalue weighted by Crippen LogP contribution is 2.12. The van der Waals surface area contributed by atoms with Crippen LogP contribution < -0.4 is 0 Å². The summed E-state index contributed by atoms with van der Waals surface area (Å²) in [6.07, 6.45) is 1.37. The molecular formula is C11H17NO6S. The van der Waals surface area contributed by atoms with Crippen LogP contribution in [-0.4, -0.2) is 37.9 Å². The van der Waals surface area contributed by atoms with E-state index in [-0.39, 0.29) is 18.9 Å². The molecule has 0 saturated carbocycles. The number of non-ortho nitro benzene ring substituents is 1. The molecule has 0 saturated heterocycles. The summed E-state index contributed by atoms with van der Waals surface area (Å²) in [6, 6.07) is 5.89. The van der Waals surface area contributed by atoms with E-state index >= 15 is 0 Å². The largest absolute Gasteiger partial charge is 0.397 e. The third-order valence-electron chi connectivity index (χ3n) is 1.84. The lowest BCUT2D eigenvalue weighted by molar-refractivity contribution is -0.384. The Hall–Kier alpha value is -1.51. The summed E-state index contributed by atoms with van der Waals surface area (Å²) in [7, 11) is -3.42. The second kappa shape index (κ2) is 8.57. The number of nitrogens with zero attached hydrogens (tertiary/aromatic N) is 1. The van der Waals surface area contributed by atoms with Crippen molar-refractivity contribution in [2.24, 2.45) is 0 Å². The summed E-state index contributed by atoms with van der Waals surface area (Å²) < 4.78 is 25.9. The average Bonchev–Trinajstić information content (AvgIpc) is 2.29. The number of aliphatic hydroxyl groups excluding tert-OH is 1. The summed E-state index contributed by atoms with van der Waals surface area (Å²) in [5.74, 6) is 0. The van der Waals surface area contributed by atoms with E-state index in [0.717, 1.165) is 11.8 Å². The fourth-order valence-electron chi connectivity index (χ4n) is 1.10. The van der Waals surface area contributed by atoms with E-state index in [1.807, 2.05) is 0 Å². The molecule has 1 aromatic rings. The van der Waals surface area contributed by atoms with Gasteiger partial charge in [-0.2, -0.15) is 8.42 Å². The molecule has 0 heterocycles. The Labute approximate surface area is 112 Å². The number of nitro benzene ring substituents is 1. The van der Waals surface area contributed by atoms with Crippen LogP contribution in [0.1, 0.15) is 12.5 Å². The van der Waals surface area contributed by atoms with Crippen LogP contribution in [0, 0.1) is 10.1 Å². The van der Waals surface area contributed by atoms with Gasteiger partial charge in [0, 0.05) is 18.7 Å². The summed E-state index contributed by atoms with van der Waals surface area (Å²) in [5.41, 5.74) is 0.794. The van der Waals surface area contributed by atoms with Gasteiger partial charge in [0.05, 0.1) is 17.8 Å². The van der Waals surface area contributed by atoms with Gasteiger partial charge in [-0.3, -0.25) is 14.3 Å². The minimum absolute atomic E-state index is 0.00721. The number of hydrogen-bond acceptors (Lipinski definition) is 6. The first-order valence-corrected chi connectivity index (χ1v) is 7.30. The Bertz CT molecular complexity index is 482. The molecule has 108 valence electrons. The summed E-state index contributed by atoms with van der Waals surface area (Å²) in [4.78, 5) is 9.87. The number of aliphatic hydroxyl groups is 1. The van der Waals surface area contributed by atoms with E-state index < -0.39 is 15.0 Å². The molecule has 1 rings (SSSR count). The number of nitro groups is 1. The molecule has 0 atom stereocenters. The normalized spacial score (nSPS) is 10.5. The molecule has 0 fully saturated rings. The third-order valence-corrected chi connectivity index (χ3v) is 2.43. The van der Waals surface area contributed by atoms with Crippen LogP contribution in [0.3, 0.4) is 0 Å². The highest BCUT2D eigenvalue weighted by Gasteiger charge is 2.05. The fraction of sp³-hybridized carbons (Fsp3) is 0.455. The first-order chi connectivity index (χ1) is 8.80. The van der Waals surface area contributed by atoms with Crippen LogP contribution in [0.15, 0.2) is 24.3 Å². The van der Waals surface area contributed by atoms with Crippen LogP contribution in [0.4, 0.5) is 5.69 Å². The Morgan fingerprint density at radius 3 is 2.16 bits per heavy atom. The van der Waals surface area contributed by atoms with Gasteiger partial charge in [-0.15, -0.1) is 0 Å². The van der Waals surface area contributed by atoms with Crippen molar-refractivity contribution in [2.75, 3.05) is 19.5 Å². The second-order valence-electron chi connectivity index (χ2n) is 3.52. The first-order valence-electron chi connectivity index (χ1n) is 5.48. The van der Waals surface area contributed by atoms with Crippen molar-refractivity contribution in [3.05, 3.63) is 39.9 Å². The molecule has 0 aliphatic carbocycles. The summed E-state index contributed by atoms with van der Waals surface area (Å²) in [6.45, 7) is 1.97. The standard InChI is InChI=1S/C9H11NO5S.C2H6O/c1-16(13,14)15-7-6-8-2-4-9(5-3-8)10(11)12;1-2-3/h2-5H,6-7H2,1H3;3H,2H2,1H3. The zero-order chi connectivity index (χ0) is 14.9. The SMILES string of the molecule is CCO.CS(=O)(=O)OCCc1ccc([N+](=O)[O-])cc1. The van der Waals surface area contributed by atoms with Crippen molar-refractivity contribution in [2.45, 2.75) is 13.3 Å². The predicted octanol–water partition coefficient (Wildman–Crippen LogP) is 1.11. The minimum atomic E-state index is -3.42. The molecule has 7 nitrogen and oxygen atoms in total. The zero-order valence-electron chi connectivity index (χ0n) is 10.8. The van der Waals surface area contributed by atoms with Crippen molar-refractivity contribution in [3.8, 4) is 0 Å². The van der Waals surface area contributed by atoms with Crippen molar-refractivity contribution in [1.29, 1.82) is 0 Å². The van der Waals surface area contributed by atoms with E-state index in [1.165, 1.54) is 12.1 Å². The molecular weight excluding hydrogens is 274 g/mol. The highest BCUT2D eigenvalue weighted by atomic mass is 32.2. The van der Waals surface area contributed by atoms with E-state index in [4.69, 9.17) is 5.11 Å². The molecule has 1 aromatic carbocycles. The maximum atomic E-state index is 10.7. The van der Waals surface area contributed by atoms with Crippen molar-refractivity contribution in [1.82, 2.24) is 0 Å². The average molecular weight is 291 g/mol. The molecule has 0 spiro atoms. The van der Waals surface area contributed by atoms with Gasteiger partial charge in [0.1, 0.15) is 0 Å². The van der Waals surface area contributed by atoms with Crippen LogP contribution >= 0.6 is 0 Å². The van der Waals surface area contributed by atoms with Gasteiger partial charge in [-0.05, 0) is 18.9 Å². The highest BCUT2D eigenvalue weighted by molar-refractivity contribution is 7.85. The lowest BCUT2D eigenvalue weighted by Crippen LogP contribution is -2.06. The molecule has 0 unspecified atom stereocenters. The Morgan fingerprint density at radius 1 is 1.32 bits per heavy atom. The van der Waals surface area contributed by atoms with Crippen LogP contribution in [0.25, 0.3) is 0 Å². The lowest BCUT2D eigenvalue weighted by Gasteiger charge is -2.01. The van der Waals surface area contributed by atoms with Gasteiger partial charge < -0.3 is 5.11 Å². The van der Waals surface area contributed by atoms with E-state index in [0.29, 0.717) is 6.42 Å². The van der Waals surface area contributed by atoms with Crippen LogP contribution in [-0.2, 0) is 20.7 Å². The monoisotopic (exact) mass is 291 g/mol. The molecule has 0 radical (unpaired) electrons. The van der Waals surface area contributed by atoms with E-state index in [1.54, 1.807) is 19.1 Å². The van der Waals surface area contributed by atoms with Crippen LogP contribution in [0.2, 0.25) is 0 Å². The predicted molar refractivity (Wildman–Crippen MR) is 70.4 cm³/mol. The Balaban J connectivity index is 0.000000982. The van der Waals surface area contributed by atoms with Gasteiger partial charge in [0.25, 0.3) is 15.8 Å². The maximum absolute atomic E-state index is 10.7. The molecule has 0 aliphatic rings. The van der Waals surface area contributed by atoms with Gasteiger partial charge in [0.2, 0.25) is 0 Å². The van der Waals surface area contributed by atoms with Gasteiger partial charge in [-0.25, -0.2) is 0 Å². The molecule has 19 heavy (non-hydrogen) atoms. The Kier molecular flexibility index (Phi) is 7.89. The van der Waals surface area contributed by atoms with Crippen molar-refractivity contribution >= 4 is 15.8 Å². The van der Waals surface area contributed by atoms with Crippen LogP contribution in [0.5, 0.6) is 0 Å². The molecule has 1 N–H and O–H groups in total. The van der Waals surface area contributed by atoms with Gasteiger partial charge in [0.15, 0.2) is 0 Å². The fourth-order valence-corrected chi connectivity index (χ4v) is 1.48. The Morgan fingerprint density at radius 2 is 1.79 bits per heavy atom. The second-order valence-corrected chi connectivity index (χ2v) is 5.16. The number of benzene rings is 1. The third kappa shape index (κ3) is 9.11. The van der Waals surface area contributed by atoms with Crippen molar-refractivity contribution < 1.29 is 22.6 Å². The van der Waals surface area contributed by atoms with Gasteiger partial charge >= 0.3 is 0 Å². The summed E-state index contributed by atoms with van der Waals surface area (Å²) >= 11 is 0. The molecule has 0 bridgehead atoms. The number of hydrogen-bond donors (Lipinski definition) is 1. The first kappa shape index (κ1) is 17.5. The topological polar surface area (TPSA) is 107 Å². The molecule has 8 heteroatoms. The number of rotatable bonds is 5. The zero-order valence-corrected chi connectivity index (χ0v) is 11.6. The quantitative estimate of drug-likeness (QED) is 0.495. The summed E-state index contributed by atoms with van der Waals surface area (Å²) in [5, 5.41) is 17.9. The maximum Gasteiger partial charge on any atom is 0.269 e. The minimum Gasteiger partial charge on any atom is -0.397 e. The van der Waals surface area contributed by atoms with E-state index in [9.17, 15) is 18.5 Å². The van der Waals surface area contributed by atoms with Crippen molar-refractivity contribution in [3.63, 3.8) is 0 Å².